The van der Waals surface area contributed by atoms with Gasteiger partial charge < -0.3 is 4.74 Å². The third kappa shape index (κ3) is 2.98. The van der Waals surface area contributed by atoms with Crippen LogP contribution in [0.5, 0.6) is 0 Å². The summed E-state index contributed by atoms with van der Waals surface area (Å²) in [6.07, 6.45) is -1.91. The average molecular weight is 270 g/mol. The van der Waals surface area contributed by atoms with Crippen LogP contribution in [0.3, 0.4) is 0 Å². The maximum absolute atomic E-state index is 12.9. The lowest BCUT2D eigenvalue weighted by Crippen LogP contribution is -2.25. The van der Waals surface area contributed by atoms with Gasteiger partial charge in [0.15, 0.2) is 5.65 Å². The molecule has 0 N–H and O–H groups in total. The lowest BCUT2D eigenvalue weighted by atomic mass is 10.0. The van der Waals surface area contributed by atoms with E-state index in [2.05, 4.69) is 14.7 Å². The number of halogens is 3. The largest absolute Gasteiger partial charge is 0.467 e. The summed E-state index contributed by atoms with van der Waals surface area (Å²) < 4.78 is 42.9. The molecule has 100 valence electrons. The predicted octanol–water partition coefficient (Wildman–Crippen LogP) is 2.45. The van der Waals surface area contributed by atoms with Gasteiger partial charge in [0.25, 0.3) is 6.47 Å². The molecule has 1 unspecified atom stereocenters. The molecular formula is C12H9F3N2O2. The maximum Gasteiger partial charge on any atom is 0.399 e. The molecule has 19 heavy (non-hydrogen) atoms. The second-order valence-electron chi connectivity index (χ2n) is 3.84. The van der Waals surface area contributed by atoms with Crippen LogP contribution in [-0.4, -0.2) is 29.2 Å². The topological polar surface area (TPSA) is 52.1 Å². The van der Waals surface area contributed by atoms with Gasteiger partial charge in [0.2, 0.25) is 0 Å². The first-order valence-corrected chi connectivity index (χ1v) is 5.35. The number of ether oxygens (including phenoxy) is 1. The fourth-order valence-corrected chi connectivity index (χ4v) is 1.69. The number of alkyl halides is 3. The molecule has 0 aliphatic heterocycles. The number of fused-ring (bicyclic) bond motifs is 1. The lowest BCUT2D eigenvalue weighted by Gasteiger charge is -2.19. The van der Waals surface area contributed by atoms with Crippen molar-refractivity contribution in [3.63, 3.8) is 0 Å². The predicted molar refractivity (Wildman–Crippen MR) is 60.4 cm³/mol. The summed E-state index contributed by atoms with van der Waals surface area (Å²) in [7, 11) is 0. The first kappa shape index (κ1) is 13.3. The molecule has 0 saturated carbocycles. The first-order chi connectivity index (χ1) is 9.02. The van der Waals surface area contributed by atoms with Crippen LogP contribution in [0.25, 0.3) is 11.0 Å². The molecule has 2 heterocycles. The summed E-state index contributed by atoms with van der Waals surface area (Å²) >= 11 is 0. The fraction of sp³-hybridized carbons (Fsp3) is 0.250. The summed E-state index contributed by atoms with van der Waals surface area (Å²) in [4.78, 5) is 17.9. The summed E-state index contributed by atoms with van der Waals surface area (Å²) in [5.41, 5.74) is 0.304. The molecule has 2 aromatic rings. The Balaban J connectivity index is 2.40. The number of nitrogens with zero attached hydrogens (tertiary/aromatic N) is 2. The zero-order chi connectivity index (χ0) is 13.9. The van der Waals surface area contributed by atoms with Crippen molar-refractivity contribution in [3.8, 4) is 0 Å². The van der Waals surface area contributed by atoms with Gasteiger partial charge in [-0.05, 0) is 23.8 Å². The number of pyridine rings is 2. The zero-order valence-corrected chi connectivity index (χ0v) is 9.59. The average Bonchev–Trinajstić information content (AvgIpc) is 2.37. The van der Waals surface area contributed by atoms with Gasteiger partial charge in [-0.15, -0.1) is 0 Å². The Hall–Kier alpha value is -2.18. The van der Waals surface area contributed by atoms with Crippen molar-refractivity contribution in [3.05, 3.63) is 36.2 Å². The fourth-order valence-electron chi connectivity index (χ4n) is 1.69. The van der Waals surface area contributed by atoms with E-state index in [9.17, 15) is 18.0 Å². The number of aromatic nitrogens is 2. The number of hydrogen-bond donors (Lipinski definition) is 0. The molecule has 0 aromatic carbocycles. The molecule has 1 atom stereocenters. The van der Waals surface area contributed by atoms with E-state index in [1.54, 1.807) is 12.1 Å². The SMILES string of the molecule is O=COCC(c1cnc2ncccc2c1)C(F)(F)F. The van der Waals surface area contributed by atoms with E-state index in [1.165, 1.54) is 12.3 Å². The van der Waals surface area contributed by atoms with Crippen molar-refractivity contribution >= 4 is 17.5 Å². The molecule has 0 saturated heterocycles. The van der Waals surface area contributed by atoms with Crippen LogP contribution in [0.1, 0.15) is 11.5 Å². The molecule has 4 nitrogen and oxygen atoms in total. The number of carbonyl (C=O) groups excluding carboxylic acids is 1. The minimum absolute atomic E-state index is 0.00519. The van der Waals surface area contributed by atoms with Gasteiger partial charge in [-0.2, -0.15) is 13.2 Å². The van der Waals surface area contributed by atoms with Crippen molar-refractivity contribution in [1.29, 1.82) is 0 Å². The Kier molecular flexibility index (Phi) is 3.64. The van der Waals surface area contributed by atoms with Gasteiger partial charge in [-0.25, -0.2) is 9.97 Å². The number of carbonyl (C=O) groups is 1. The normalized spacial score (nSPS) is 13.2. The second kappa shape index (κ2) is 5.21. The van der Waals surface area contributed by atoms with Crippen LogP contribution >= 0.6 is 0 Å². The Morgan fingerprint density at radius 2 is 2.16 bits per heavy atom. The van der Waals surface area contributed by atoms with E-state index in [0.29, 0.717) is 11.0 Å². The third-order valence-corrected chi connectivity index (χ3v) is 2.60. The quantitative estimate of drug-likeness (QED) is 0.801. The van der Waals surface area contributed by atoms with Crippen LogP contribution < -0.4 is 0 Å². The number of hydrogen-bond acceptors (Lipinski definition) is 4. The van der Waals surface area contributed by atoms with E-state index in [1.807, 2.05) is 0 Å². The van der Waals surface area contributed by atoms with E-state index in [-0.39, 0.29) is 12.0 Å². The summed E-state index contributed by atoms with van der Waals surface area (Å²) in [6, 6.07) is 4.58. The van der Waals surface area contributed by atoms with E-state index >= 15 is 0 Å². The maximum atomic E-state index is 12.9. The summed E-state index contributed by atoms with van der Waals surface area (Å²) in [6.45, 7) is -0.769. The minimum atomic E-state index is -4.51. The van der Waals surface area contributed by atoms with Crippen LogP contribution in [0.4, 0.5) is 13.2 Å². The van der Waals surface area contributed by atoms with E-state index < -0.39 is 18.7 Å². The minimum Gasteiger partial charge on any atom is -0.467 e. The molecule has 0 fully saturated rings. The Bertz CT molecular complexity index is 586. The van der Waals surface area contributed by atoms with Crippen molar-refractivity contribution in [2.24, 2.45) is 0 Å². The van der Waals surface area contributed by atoms with E-state index in [4.69, 9.17) is 0 Å². The summed E-state index contributed by atoms with van der Waals surface area (Å²) in [5.74, 6) is -1.89. The van der Waals surface area contributed by atoms with Crippen LogP contribution in [0.15, 0.2) is 30.6 Å². The van der Waals surface area contributed by atoms with Gasteiger partial charge in [0, 0.05) is 17.8 Å². The standard InChI is InChI=1S/C12H9F3N2O2/c13-12(14,15)10(6-19-7-18)9-4-8-2-1-3-16-11(8)17-5-9/h1-5,7,10H,6H2. The van der Waals surface area contributed by atoms with Gasteiger partial charge in [0.05, 0.1) is 0 Å². The molecule has 7 heteroatoms. The van der Waals surface area contributed by atoms with Gasteiger partial charge in [-0.3, -0.25) is 4.79 Å². The Morgan fingerprint density at radius 3 is 2.84 bits per heavy atom. The second-order valence-corrected chi connectivity index (χ2v) is 3.84. The Labute approximate surface area is 106 Å². The highest BCUT2D eigenvalue weighted by Gasteiger charge is 2.41. The third-order valence-electron chi connectivity index (χ3n) is 2.60. The monoisotopic (exact) mass is 270 g/mol. The smallest absolute Gasteiger partial charge is 0.399 e. The highest BCUT2D eigenvalue weighted by Crippen LogP contribution is 2.35. The molecule has 0 radical (unpaired) electrons. The first-order valence-electron chi connectivity index (χ1n) is 5.35. The highest BCUT2D eigenvalue weighted by atomic mass is 19.4. The van der Waals surface area contributed by atoms with Crippen molar-refractivity contribution < 1.29 is 22.7 Å². The molecule has 2 rings (SSSR count). The van der Waals surface area contributed by atoms with Gasteiger partial charge in [0.1, 0.15) is 12.5 Å². The highest BCUT2D eigenvalue weighted by molar-refractivity contribution is 5.74. The lowest BCUT2D eigenvalue weighted by molar-refractivity contribution is -0.164. The molecule has 2 aromatic heterocycles. The van der Waals surface area contributed by atoms with Crippen molar-refractivity contribution in [2.75, 3.05) is 6.61 Å². The van der Waals surface area contributed by atoms with Gasteiger partial charge in [-0.1, -0.05) is 0 Å². The van der Waals surface area contributed by atoms with Crippen LogP contribution in [0, 0.1) is 0 Å². The van der Waals surface area contributed by atoms with Crippen molar-refractivity contribution in [2.45, 2.75) is 12.1 Å². The number of rotatable bonds is 4. The van der Waals surface area contributed by atoms with Crippen LogP contribution in [-0.2, 0) is 9.53 Å². The Morgan fingerprint density at radius 1 is 1.37 bits per heavy atom. The molecule has 0 spiro atoms. The molecule has 0 aliphatic rings. The molecule has 0 amide bonds. The molecule has 0 bridgehead atoms. The summed E-state index contributed by atoms with van der Waals surface area (Å²) in [5, 5.41) is 0.500. The zero-order valence-electron chi connectivity index (χ0n) is 9.59. The van der Waals surface area contributed by atoms with E-state index in [0.717, 1.165) is 6.20 Å². The molecule has 0 aliphatic carbocycles. The van der Waals surface area contributed by atoms with Crippen LogP contribution in [0.2, 0.25) is 0 Å². The van der Waals surface area contributed by atoms with Gasteiger partial charge >= 0.3 is 6.18 Å². The molecular weight excluding hydrogens is 261 g/mol. The van der Waals surface area contributed by atoms with Crippen molar-refractivity contribution in [1.82, 2.24) is 9.97 Å².